The minimum absolute atomic E-state index is 0.168. The second-order valence-corrected chi connectivity index (χ2v) is 8.46. The van der Waals surface area contributed by atoms with Gasteiger partial charge in [0.1, 0.15) is 6.54 Å². The van der Waals surface area contributed by atoms with E-state index in [0.29, 0.717) is 16.3 Å². The van der Waals surface area contributed by atoms with Crippen LogP contribution in [0.25, 0.3) is 11.0 Å². The Morgan fingerprint density at radius 2 is 1.96 bits per heavy atom. The minimum Gasteiger partial charge on any atom is -0.295 e. The van der Waals surface area contributed by atoms with Crippen LogP contribution in [0, 0.1) is 5.92 Å². The number of hydrazine groups is 1. The molecular formula is C20H22N4O3S. The Hall–Kier alpha value is -2.87. The molecule has 0 aliphatic heterocycles. The Bertz CT molecular complexity index is 1120. The highest BCUT2D eigenvalue weighted by molar-refractivity contribution is 7.14. The van der Waals surface area contributed by atoms with Crippen LogP contribution in [0.2, 0.25) is 0 Å². The molecule has 8 heteroatoms. The minimum atomic E-state index is -0.457. The fourth-order valence-corrected chi connectivity index (χ4v) is 4.81. The number of amides is 2. The van der Waals surface area contributed by atoms with Crippen molar-refractivity contribution in [2.75, 3.05) is 0 Å². The molecule has 1 aliphatic rings. The Morgan fingerprint density at radius 1 is 1.21 bits per heavy atom. The van der Waals surface area contributed by atoms with Crippen molar-refractivity contribution in [3.63, 3.8) is 0 Å². The van der Waals surface area contributed by atoms with Gasteiger partial charge in [-0.2, -0.15) is 0 Å². The summed E-state index contributed by atoms with van der Waals surface area (Å²) in [5, 5.41) is 0. The van der Waals surface area contributed by atoms with Gasteiger partial charge in [0.2, 0.25) is 0 Å². The van der Waals surface area contributed by atoms with Gasteiger partial charge in [-0.05, 0) is 48.9 Å². The van der Waals surface area contributed by atoms with Gasteiger partial charge in [0.05, 0.1) is 15.9 Å². The highest BCUT2D eigenvalue weighted by atomic mass is 32.1. The number of carbonyl (C=O) groups excluding carboxylic acids is 2. The molecule has 0 spiro atoms. The van der Waals surface area contributed by atoms with Crippen molar-refractivity contribution in [3.8, 4) is 0 Å². The first kappa shape index (κ1) is 18.5. The van der Waals surface area contributed by atoms with Crippen molar-refractivity contribution >= 4 is 34.2 Å². The molecule has 0 bridgehead atoms. The highest BCUT2D eigenvalue weighted by Gasteiger charge is 2.21. The number of rotatable bonds is 3. The Labute approximate surface area is 165 Å². The summed E-state index contributed by atoms with van der Waals surface area (Å²) < 4.78 is 2.89. The summed E-state index contributed by atoms with van der Waals surface area (Å²) in [5.41, 5.74) is 7.28. The lowest BCUT2D eigenvalue weighted by molar-refractivity contribution is -0.122. The summed E-state index contributed by atoms with van der Waals surface area (Å²) in [6, 6.07) is 9.20. The summed E-state index contributed by atoms with van der Waals surface area (Å²) in [6.07, 6.45) is 3.14. The topological polar surface area (TPSA) is 85.1 Å². The maximum absolute atomic E-state index is 12.4. The van der Waals surface area contributed by atoms with Gasteiger partial charge in [-0.15, -0.1) is 11.3 Å². The van der Waals surface area contributed by atoms with E-state index in [-0.39, 0.29) is 18.1 Å². The molecule has 0 saturated heterocycles. The molecule has 0 radical (unpaired) electrons. The molecule has 7 nitrogen and oxygen atoms in total. The first-order chi connectivity index (χ1) is 13.4. The van der Waals surface area contributed by atoms with Crippen LogP contribution in [0.15, 0.2) is 35.1 Å². The predicted octanol–water partition coefficient (Wildman–Crippen LogP) is 1.99. The lowest BCUT2D eigenvalue weighted by Gasteiger charge is -2.16. The molecular weight excluding hydrogens is 376 g/mol. The summed E-state index contributed by atoms with van der Waals surface area (Å²) >= 11 is 1.49. The maximum Gasteiger partial charge on any atom is 0.329 e. The van der Waals surface area contributed by atoms with Crippen LogP contribution in [0.4, 0.5) is 0 Å². The quantitative estimate of drug-likeness (QED) is 0.662. The number of carbonyl (C=O) groups is 2. The van der Waals surface area contributed by atoms with Gasteiger partial charge in [0.25, 0.3) is 11.8 Å². The number of hydrogen-bond donors (Lipinski definition) is 2. The van der Waals surface area contributed by atoms with E-state index in [0.717, 1.165) is 24.8 Å². The predicted molar refractivity (Wildman–Crippen MR) is 108 cm³/mol. The molecule has 2 heterocycles. The average Bonchev–Trinajstić information content (AvgIpc) is 3.21. The first-order valence-corrected chi connectivity index (χ1v) is 10.1. The average molecular weight is 398 g/mol. The van der Waals surface area contributed by atoms with Crippen molar-refractivity contribution in [2.24, 2.45) is 13.0 Å². The number of thiophene rings is 1. The van der Waals surface area contributed by atoms with E-state index < -0.39 is 5.91 Å². The molecule has 0 unspecified atom stereocenters. The lowest BCUT2D eigenvalue weighted by Crippen LogP contribution is -2.44. The SMILES string of the molecule is C[C@@H]1CCc2sc(C(=O)NNC(=O)Cn3c(=O)n(C)c4ccccc43)cc2C1. The molecule has 1 aromatic carbocycles. The van der Waals surface area contributed by atoms with E-state index in [1.807, 2.05) is 24.3 Å². The molecule has 1 atom stereocenters. The number of aromatic nitrogens is 2. The Balaban J connectivity index is 1.42. The van der Waals surface area contributed by atoms with Crippen LogP contribution in [-0.4, -0.2) is 20.9 Å². The fourth-order valence-electron chi connectivity index (χ4n) is 3.70. The molecule has 2 N–H and O–H groups in total. The molecule has 0 fully saturated rings. The van der Waals surface area contributed by atoms with Gasteiger partial charge in [-0.25, -0.2) is 4.79 Å². The van der Waals surface area contributed by atoms with E-state index >= 15 is 0 Å². The van der Waals surface area contributed by atoms with Crippen molar-refractivity contribution in [3.05, 3.63) is 56.1 Å². The molecule has 4 rings (SSSR count). The molecule has 3 aromatic rings. The summed E-state index contributed by atoms with van der Waals surface area (Å²) in [6.45, 7) is 2.05. The van der Waals surface area contributed by atoms with Crippen molar-refractivity contribution < 1.29 is 9.59 Å². The van der Waals surface area contributed by atoms with Gasteiger partial charge < -0.3 is 0 Å². The first-order valence-electron chi connectivity index (χ1n) is 9.29. The Kier molecular flexibility index (Phi) is 4.80. The molecule has 1 aliphatic carbocycles. The van der Waals surface area contributed by atoms with E-state index in [2.05, 4.69) is 17.8 Å². The number of fused-ring (bicyclic) bond motifs is 2. The van der Waals surface area contributed by atoms with Crippen molar-refractivity contribution in [1.29, 1.82) is 0 Å². The monoisotopic (exact) mass is 398 g/mol. The zero-order chi connectivity index (χ0) is 19.8. The van der Waals surface area contributed by atoms with Crippen LogP contribution in [-0.2, 0) is 31.2 Å². The smallest absolute Gasteiger partial charge is 0.295 e. The third-order valence-electron chi connectivity index (χ3n) is 5.22. The summed E-state index contributed by atoms with van der Waals surface area (Å²) in [7, 11) is 1.67. The second-order valence-electron chi connectivity index (χ2n) is 7.33. The van der Waals surface area contributed by atoms with Gasteiger partial charge in [-0.1, -0.05) is 19.1 Å². The standard InChI is InChI=1S/C20H22N4O3S/c1-12-7-8-16-13(9-12)10-17(28-16)19(26)22-21-18(25)11-24-15-6-4-3-5-14(15)23(2)20(24)27/h3-6,10,12H,7-9,11H2,1-2H3,(H,21,25)(H,22,26)/t12-/m1/s1. The van der Waals surface area contributed by atoms with Crippen LogP contribution in [0.1, 0.15) is 33.5 Å². The highest BCUT2D eigenvalue weighted by Crippen LogP contribution is 2.32. The van der Waals surface area contributed by atoms with Crippen LogP contribution in [0.5, 0.6) is 0 Å². The maximum atomic E-state index is 12.4. The largest absolute Gasteiger partial charge is 0.329 e. The van der Waals surface area contributed by atoms with E-state index in [1.54, 1.807) is 13.1 Å². The van der Waals surface area contributed by atoms with Crippen molar-refractivity contribution in [2.45, 2.75) is 32.7 Å². The zero-order valence-corrected chi connectivity index (χ0v) is 16.6. The lowest BCUT2D eigenvalue weighted by atomic mass is 9.90. The van der Waals surface area contributed by atoms with Gasteiger partial charge in [0, 0.05) is 11.9 Å². The third-order valence-corrected chi connectivity index (χ3v) is 6.46. The Morgan fingerprint density at radius 3 is 2.75 bits per heavy atom. The normalized spacial score (nSPS) is 16.0. The number of benzene rings is 1. The molecule has 28 heavy (non-hydrogen) atoms. The second kappa shape index (κ2) is 7.27. The summed E-state index contributed by atoms with van der Waals surface area (Å²) in [5.74, 6) is -0.149. The van der Waals surface area contributed by atoms with Gasteiger partial charge in [0.15, 0.2) is 0 Å². The van der Waals surface area contributed by atoms with Crippen LogP contribution >= 0.6 is 11.3 Å². The van der Waals surface area contributed by atoms with E-state index in [9.17, 15) is 14.4 Å². The van der Waals surface area contributed by atoms with Gasteiger partial charge >= 0.3 is 5.69 Å². The number of nitrogens with zero attached hydrogens (tertiary/aromatic N) is 2. The molecule has 0 saturated carbocycles. The fraction of sp³-hybridized carbons (Fsp3) is 0.350. The number of hydrogen-bond acceptors (Lipinski definition) is 4. The molecule has 146 valence electrons. The van der Waals surface area contributed by atoms with Crippen LogP contribution in [0.3, 0.4) is 0 Å². The third kappa shape index (κ3) is 3.35. The van der Waals surface area contributed by atoms with E-state index in [1.165, 1.54) is 30.9 Å². The van der Waals surface area contributed by atoms with Crippen molar-refractivity contribution in [1.82, 2.24) is 20.0 Å². The summed E-state index contributed by atoms with van der Waals surface area (Å²) in [4.78, 5) is 38.9. The zero-order valence-electron chi connectivity index (χ0n) is 15.8. The number of aryl methyl sites for hydroxylation is 2. The van der Waals surface area contributed by atoms with E-state index in [4.69, 9.17) is 0 Å². The number of nitrogens with one attached hydrogen (secondary N) is 2. The number of para-hydroxylation sites is 2. The van der Waals surface area contributed by atoms with Crippen LogP contribution < -0.4 is 16.5 Å². The number of imidazole rings is 1. The van der Waals surface area contributed by atoms with Gasteiger partial charge in [-0.3, -0.25) is 29.6 Å². The molecule has 2 aromatic heterocycles. The molecule has 2 amide bonds.